The van der Waals surface area contributed by atoms with Crippen LogP contribution >= 0.6 is 0 Å². The van der Waals surface area contributed by atoms with Gasteiger partial charge in [-0.1, -0.05) is 38.8 Å². The summed E-state index contributed by atoms with van der Waals surface area (Å²) in [6, 6.07) is 8.29. The van der Waals surface area contributed by atoms with Crippen molar-refractivity contribution in [1.29, 1.82) is 0 Å². The van der Waals surface area contributed by atoms with Crippen LogP contribution in [0.25, 0.3) is 0 Å². The molecule has 0 amide bonds. The molecule has 2 saturated heterocycles. The van der Waals surface area contributed by atoms with Gasteiger partial charge in [0.2, 0.25) is 0 Å². The normalized spacial score (nSPS) is 21.5. The SMILES string of the molecule is CC(C)Cc1nn(C)cc1N=S1(O)(c2ccc(CCCCC3CCNCC3)cc2)CO1. The number of aromatic nitrogens is 2. The van der Waals surface area contributed by atoms with E-state index >= 15 is 0 Å². The van der Waals surface area contributed by atoms with Crippen molar-refractivity contribution in [2.24, 2.45) is 23.2 Å². The molecule has 4 rings (SSSR count). The van der Waals surface area contributed by atoms with Crippen LogP contribution in [0, 0.1) is 11.8 Å². The third-order valence-electron chi connectivity index (χ3n) is 6.40. The zero-order valence-corrected chi connectivity index (χ0v) is 20.0. The van der Waals surface area contributed by atoms with E-state index in [2.05, 4.69) is 36.4 Å². The van der Waals surface area contributed by atoms with Crippen molar-refractivity contribution in [3.8, 4) is 0 Å². The minimum Gasteiger partial charge on any atom is -0.317 e. The average Bonchev–Trinajstić information content (AvgIpc) is 3.34. The number of benzene rings is 1. The van der Waals surface area contributed by atoms with Crippen molar-refractivity contribution in [2.45, 2.75) is 63.7 Å². The van der Waals surface area contributed by atoms with Crippen LogP contribution in [-0.2, 0) is 33.6 Å². The first-order chi connectivity index (χ1) is 14.8. The summed E-state index contributed by atoms with van der Waals surface area (Å²) in [5.74, 6) is 1.66. The van der Waals surface area contributed by atoms with Crippen molar-refractivity contribution in [2.75, 3.05) is 19.0 Å². The summed E-state index contributed by atoms with van der Waals surface area (Å²) in [6.45, 7) is 6.70. The lowest BCUT2D eigenvalue weighted by Gasteiger charge is -2.25. The quantitative estimate of drug-likeness (QED) is 0.406. The highest BCUT2D eigenvalue weighted by Crippen LogP contribution is 2.52. The highest BCUT2D eigenvalue weighted by atomic mass is 32.3. The molecule has 31 heavy (non-hydrogen) atoms. The van der Waals surface area contributed by atoms with Gasteiger partial charge < -0.3 is 5.32 Å². The van der Waals surface area contributed by atoms with E-state index in [4.69, 9.17) is 8.55 Å². The van der Waals surface area contributed by atoms with E-state index in [0.717, 1.165) is 35.0 Å². The van der Waals surface area contributed by atoms with Gasteiger partial charge in [0.25, 0.3) is 0 Å². The molecule has 2 N–H and O–H groups in total. The zero-order chi connectivity index (χ0) is 21.9. The maximum Gasteiger partial charge on any atom is 0.168 e. The van der Waals surface area contributed by atoms with E-state index in [-0.39, 0.29) is 5.94 Å². The van der Waals surface area contributed by atoms with Crippen LogP contribution in [0.1, 0.15) is 57.2 Å². The minimum absolute atomic E-state index is 0.281. The van der Waals surface area contributed by atoms with Crippen molar-refractivity contribution in [1.82, 2.24) is 15.1 Å². The first kappa shape index (κ1) is 22.6. The summed E-state index contributed by atoms with van der Waals surface area (Å²) in [5.41, 5.74) is 2.99. The predicted octanol–water partition coefficient (Wildman–Crippen LogP) is 5.27. The molecule has 6 nitrogen and oxygen atoms in total. The van der Waals surface area contributed by atoms with Crippen molar-refractivity contribution in [3.05, 3.63) is 41.7 Å². The van der Waals surface area contributed by atoms with E-state index in [1.165, 1.54) is 50.8 Å². The molecule has 0 saturated carbocycles. The van der Waals surface area contributed by atoms with Gasteiger partial charge >= 0.3 is 0 Å². The molecule has 0 spiro atoms. The van der Waals surface area contributed by atoms with Gasteiger partial charge in [0, 0.05) is 7.05 Å². The van der Waals surface area contributed by atoms with E-state index in [9.17, 15) is 4.55 Å². The van der Waals surface area contributed by atoms with Crippen molar-refractivity contribution >= 4 is 15.2 Å². The Balaban J connectivity index is 1.41. The smallest absolute Gasteiger partial charge is 0.168 e. The van der Waals surface area contributed by atoms with Gasteiger partial charge in [-0.3, -0.25) is 13.4 Å². The molecule has 0 aliphatic carbocycles. The van der Waals surface area contributed by atoms with E-state index in [1.54, 1.807) is 4.68 Å². The molecule has 2 fully saturated rings. The van der Waals surface area contributed by atoms with Crippen LogP contribution in [0.5, 0.6) is 0 Å². The Morgan fingerprint density at radius 2 is 1.94 bits per heavy atom. The van der Waals surface area contributed by atoms with Gasteiger partial charge in [0.15, 0.2) is 5.94 Å². The first-order valence-electron chi connectivity index (χ1n) is 11.7. The number of nitrogens with zero attached hydrogens (tertiary/aromatic N) is 3. The van der Waals surface area contributed by atoms with E-state index in [1.807, 2.05) is 25.4 Å². The van der Waals surface area contributed by atoms with Crippen molar-refractivity contribution < 1.29 is 8.74 Å². The molecule has 0 radical (unpaired) electrons. The number of piperidine rings is 1. The molecule has 2 aliphatic rings. The molecule has 7 heteroatoms. The van der Waals surface area contributed by atoms with Gasteiger partial charge in [-0.2, -0.15) is 9.46 Å². The second-order valence-corrected chi connectivity index (χ2v) is 12.8. The number of unbranched alkanes of at least 4 members (excludes halogenated alkanes) is 1. The summed E-state index contributed by atoms with van der Waals surface area (Å²) in [4.78, 5) is 0.801. The molecule has 2 aromatic rings. The summed E-state index contributed by atoms with van der Waals surface area (Å²) < 4.78 is 23.8. The molecular weight excluding hydrogens is 408 g/mol. The average molecular weight is 447 g/mol. The lowest BCUT2D eigenvalue weighted by molar-refractivity contribution is 0.344. The fraction of sp³-hybridized carbons (Fsp3) is 0.625. The summed E-state index contributed by atoms with van der Waals surface area (Å²) in [5, 5.41) is 7.99. The second kappa shape index (κ2) is 9.14. The third-order valence-corrected chi connectivity index (χ3v) is 9.09. The maximum atomic E-state index is 11.5. The largest absolute Gasteiger partial charge is 0.317 e. The molecule has 1 aromatic heterocycles. The Morgan fingerprint density at radius 1 is 1.23 bits per heavy atom. The maximum absolute atomic E-state index is 11.5. The minimum atomic E-state index is -3.36. The molecule has 0 bridgehead atoms. The monoisotopic (exact) mass is 446 g/mol. The highest BCUT2D eigenvalue weighted by Gasteiger charge is 2.44. The number of hydrogen-bond acceptors (Lipinski definition) is 4. The Morgan fingerprint density at radius 3 is 2.58 bits per heavy atom. The fourth-order valence-corrected chi connectivity index (χ4v) is 6.76. The third kappa shape index (κ3) is 5.45. The first-order valence-corrected chi connectivity index (χ1v) is 13.8. The van der Waals surface area contributed by atoms with Crippen LogP contribution in [-0.4, -0.2) is 33.4 Å². The Bertz CT molecular complexity index is 950. The van der Waals surface area contributed by atoms with Crippen LogP contribution in [0.3, 0.4) is 0 Å². The lowest BCUT2D eigenvalue weighted by Crippen LogP contribution is -2.27. The standard InChI is InChI=1S/C24H38N4O2S/c1-19(2)16-23-24(17-28(3)26-23)27-31(29,18-30-31)22-10-8-20(9-11-22)6-4-5-7-21-12-14-25-15-13-21/h8-11,17,19,21,25H,4-7,12-16,18H2,1-3H3,(H,27,29). The topological polar surface area (TPSA) is 75.0 Å². The molecule has 3 heterocycles. The highest BCUT2D eigenvalue weighted by molar-refractivity contribution is 8.17. The number of nitrogens with one attached hydrogen (secondary N) is 1. The van der Waals surface area contributed by atoms with Crippen LogP contribution < -0.4 is 5.32 Å². The summed E-state index contributed by atoms with van der Waals surface area (Å²) >= 11 is 0. The summed E-state index contributed by atoms with van der Waals surface area (Å²) in [6.07, 6.45) is 10.3. The Labute approximate surface area is 186 Å². The molecular formula is C24H38N4O2S. The number of hydrogen-bond donors (Lipinski definition) is 2. The Kier molecular flexibility index (Phi) is 6.68. The number of rotatable bonds is 9. The van der Waals surface area contributed by atoms with Gasteiger partial charge in [0.05, 0.1) is 16.8 Å². The number of aryl methyl sites for hydroxylation is 2. The summed E-state index contributed by atoms with van der Waals surface area (Å²) in [7, 11) is -1.46. The zero-order valence-electron chi connectivity index (χ0n) is 19.2. The predicted molar refractivity (Wildman–Crippen MR) is 128 cm³/mol. The van der Waals surface area contributed by atoms with E-state index < -0.39 is 9.52 Å². The van der Waals surface area contributed by atoms with E-state index in [0.29, 0.717) is 5.92 Å². The molecule has 1 aromatic carbocycles. The molecule has 0 unspecified atom stereocenters. The Hall–Kier alpha value is -1.54. The van der Waals surface area contributed by atoms with Crippen LogP contribution in [0.4, 0.5) is 5.69 Å². The van der Waals surface area contributed by atoms with Crippen LogP contribution in [0.2, 0.25) is 0 Å². The van der Waals surface area contributed by atoms with Gasteiger partial charge in [0.1, 0.15) is 5.69 Å². The molecule has 172 valence electrons. The molecule has 0 atom stereocenters. The fourth-order valence-electron chi connectivity index (χ4n) is 4.50. The van der Waals surface area contributed by atoms with Gasteiger partial charge in [-0.25, -0.2) is 0 Å². The van der Waals surface area contributed by atoms with Crippen molar-refractivity contribution in [3.63, 3.8) is 0 Å². The van der Waals surface area contributed by atoms with Crippen LogP contribution in [0.15, 0.2) is 39.7 Å². The van der Waals surface area contributed by atoms with Gasteiger partial charge in [-0.15, -0.1) is 9.52 Å². The second-order valence-electron chi connectivity index (χ2n) is 9.66. The lowest BCUT2D eigenvalue weighted by atomic mass is 9.92. The van der Waals surface area contributed by atoms with Gasteiger partial charge in [-0.05, 0) is 74.7 Å². The molecule has 2 aliphatic heterocycles.